The predicted molar refractivity (Wildman–Crippen MR) is 64.6 cm³/mol. The fourth-order valence-electron chi connectivity index (χ4n) is 1.59. The smallest absolute Gasteiger partial charge is 0.117 e. The highest BCUT2D eigenvalue weighted by Crippen LogP contribution is 2.23. The van der Waals surface area contributed by atoms with Gasteiger partial charge in [0.1, 0.15) is 5.75 Å². The summed E-state index contributed by atoms with van der Waals surface area (Å²) in [4.78, 5) is 4.20. The largest absolute Gasteiger partial charge is 1.00 e. The molecular weight excluding hydrogens is 240 g/mol. The van der Waals surface area contributed by atoms with E-state index in [9.17, 15) is 5.11 Å². The lowest BCUT2D eigenvalue weighted by atomic mass is 10.2. The first kappa shape index (κ1) is 13.3. The van der Waals surface area contributed by atoms with Crippen LogP contribution in [-0.2, 0) is 0 Å². The van der Waals surface area contributed by atoms with E-state index in [2.05, 4.69) is 15.1 Å². The molecule has 0 saturated heterocycles. The Hall–Kier alpha value is -1.75. The summed E-state index contributed by atoms with van der Waals surface area (Å²) >= 11 is 0. The number of anilines is 2. The van der Waals surface area contributed by atoms with E-state index in [-0.39, 0.29) is 18.2 Å². The molecule has 6 heteroatoms. The molecule has 0 aliphatic carbocycles. The van der Waals surface area contributed by atoms with Crippen molar-refractivity contribution in [2.24, 2.45) is 0 Å². The molecule has 4 N–H and O–H groups in total. The Bertz CT molecular complexity index is 410. The molecule has 0 radical (unpaired) electrons. The van der Waals surface area contributed by atoms with Crippen molar-refractivity contribution < 1.29 is 17.5 Å². The number of rotatable bonds is 3. The molecule has 1 aromatic rings. The number of phenols is 1. The van der Waals surface area contributed by atoms with Gasteiger partial charge in [0, 0.05) is 25.5 Å². The van der Waals surface area contributed by atoms with Gasteiger partial charge < -0.3 is 38.4 Å². The monoisotopic (exact) mass is 255 g/mol. The van der Waals surface area contributed by atoms with Crippen molar-refractivity contribution in [3.63, 3.8) is 0 Å². The van der Waals surface area contributed by atoms with Gasteiger partial charge in [0.15, 0.2) is 0 Å². The number of phenolic OH excluding ortho intramolecular Hbond substituents is 1. The number of nitrogens with one attached hydrogen (secondary N) is 1. The highest BCUT2D eigenvalue weighted by atomic mass is 35.5. The summed E-state index contributed by atoms with van der Waals surface area (Å²) in [5.41, 5.74) is 7.15. The average molecular weight is 256 g/mol. The molecule has 1 aromatic carbocycles. The van der Waals surface area contributed by atoms with Gasteiger partial charge in [-0.15, -0.1) is 0 Å². The highest BCUT2D eigenvalue weighted by Gasteiger charge is 2.08. The number of halogens is 1. The maximum Gasteiger partial charge on any atom is 0.117 e. The molecule has 0 atom stereocenters. The molecule has 17 heavy (non-hydrogen) atoms. The van der Waals surface area contributed by atoms with Crippen LogP contribution in [0.2, 0.25) is 0 Å². The Kier molecular flexibility index (Phi) is 4.34. The lowest BCUT2D eigenvalue weighted by Crippen LogP contribution is -3.00. The van der Waals surface area contributed by atoms with E-state index in [1.54, 1.807) is 12.1 Å². The van der Waals surface area contributed by atoms with E-state index >= 15 is 0 Å². The summed E-state index contributed by atoms with van der Waals surface area (Å²) in [6, 6.07) is 4.92. The van der Waals surface area contributed by atoms with Crippen LogP contribution in [0.1, 0.15) is 0 Å². The fraction of sp³-hybridized carbons (Fsp3) is 0.273. The summed E-state index contributed by atoms with van der Waals surface area (Å²) in [6.45, 7) is 1.56. The number of hydrogen-bond acceptors (Lipinski definition) is 5. The summed E-state index contributed by atoms with van der Waals surface area (Å²) in [7, 11) is 2.02. The summed E-state index contributed by atoms with van der Waals surface area (Å²) < 4.78 is 0. The molecule has 0 fully saturated rings. The zero-order valence-corrected chi connectivity index (χ0v) is 10.4. The van der Waals surface area contributed by atoms with E-state index in [4.69, 9.17) is 5.73 Å². The zero-order valence-electron chi connectivity index (χ0n) is 9.60. The van der Waals surface area contributed by atoms with Crippen LogP contribution in [0, 0.1) is 0 Å². The molecule has 5 nitrogen and oxygen atoms in total. The van der Waals surface area contributed by atoms with Crippen molar-refractivity contribution in [1.82, 2.24) is 9.80 Å². The fourth-order valence-corrected chi connectivity index (χ4v) is 1.59. The van der Waals surface area contributed by atoms with Gasteiger partial charge in [-0.05, 0) is 12.1 Å². The van der Waals surface area contributed by atoms with Crippen molar-refractivity contribution in [1.29, 1.82) is 0 Å². The van der Waals surface area contributed by atoms with E-state index in [1.807, 2.05) is 19.4 Å². The number of nitrogens with two attached hydrogens (primary N) is 1. The van der Waals surface area contributed by atoms with Gasteiger partial charge in [0.05, 0.1) is 24.7 Å². The van der Waals surface area contributed by atoms with Crippen LogP contribution >= 0.6 is 0 Å². The Labute approximate surface area is 107 Å². The normalized spacial score (nSPS) is 13.7. The molecule has 1 aliphatic rings. The van der Waals surface area contributed by atoms with Crippen LogP contribution in [0.5, 0.6) is 5.75 Å². The number of benzene rings is 1. The Balaban J connectivity index is 0.00000144. The second-order valence-corrected chi connectivity index (χ2v) is 3.89. The predicted octanol–water partition coefficient (Wildman–Crippen LogP) is -1.98. The van der Waals surface area contributed by atoms with Crippen LogP contribution in [0.3, 0.4) is 0 Å². The number of aromatic hydroxyl groups is 1. The molecule has 0 spiro atoms. The van der Waals surface area contributed by atoms with Crippen molar-refractivity contribution >= 4 is 11.4 Å². The minimum Gasteiger partial charge on any atom is -1.00 e. The maximum atomic E-state index is 9.22. The molecule has 0 aromatic heterocycles. The lowest BCUT2D eigenvalue weighted by Gasteiger charge is -2.19. The molecule has 2 rings (SSSR count). The van der Waals surface area contributed by atoms with Gasteiger partial charge in [-0.2, -0.15) is 0 Å². The maximum absolute atomic E-state index is 9.22. The number of nitrogens with zero attached hydrogens (tertiary/aromatic N) is 2. The van der Waals surface area contributed by atoms with E-state index in [0.717, 1.165) is 12.4 Å². The second kappa shape index (κ2) is 5.54. The van der Waals surface area contributed by atoms with Crippen molar-refractivity contribution in [3.8, 4) is 5.75 Å². The highest BCUT2D eigenvalue weighted by molar-refractivity contribution is 5.67. The third-order valence-electron chi connectivity index (χ3n) is 2.44. The van der Waals surface area contributed by atoms with Crippen LogP contribution in [-0.4, -0.2) is 35.3 Å². The van der Waals surface area contributed by atoms with Gasteiger partial charge in [-0.3, -0.25) is 0 Å². The third-order valence-corrected chi connectivity index (χ3v) is 2.44. The minimum absolute atomic E-state index is 0. The second-order valence-electron chi connectivity index (χ2n) is 3.89. The SMILES string of the molecule is CN1C=CN(CNc2ccc(O)cc2N)C1.[Cl-]. The lowest BCUT2D eigenvalue weighted by molar-refractivity contribution is -0.00000437. The molecular formula is C11H16ClN4O-. The van der Waals surface area contributed by atoms with E-state index in [1.165, 1.54) is 6.07 Å². The topological polar surface area (TPSA) is 64.8 Å². The van der Waals surface area contributed by atoms with Crippen LogP contribution in [0.15, 0.2) is 30.6 Å². The van der Waals surface area contributed by atoms with Gasteiger partial charge >= 0.3 is 0 Å². The van der Waals surface area contributed by atoms with Gasteiger partial charge in [-0.25, -0.2) is 0 Å². The summed E-state index contributed by atoms with van der Waals surface area (Å²) in [5, 5.41) is 12.4. The Morgan fingerprint density at radius 2 is 2.18 bits per heavy atom. The molecule has 0 saturated carbocycles. The standard InChI is InChI=1S/C11H16N4O.ClH/c1-14-4-5-15(8-14)7-13-11-3-2-9(16)6-10(11)12;/h2-6,13,16H,7-8,12H2,1H3;1H/p-1. The van der Waals surface area contributed by atoms with Crippen LogP contribution in [0.4, 0.5) is 11.4 Å². The number of hydrogen-bond donors (Lipinski definition) is 3. The van der Waals surface area contributed by atoms with Crippen LogP contribution in [0.25, 0.3) is 0 Å². The molecule has 1 aliphatic heterocycles. The first-order valence-electron chi connectivity index (χ1n) is 5.10. The van der Waals surface area contributed by atoms with Gasteiger partial charge in [-0.1, -0.05) is 0 Å². The van der Waals surface area contributed by atoms with Crippen LogP contribution < -0.4 is 23.5 Å². The van der Waals surface area contributed by atoms with Crippen molar-refractivity contribution in [2.45, 2.75) is 0 Å². The quantitative estimate of drug-likeness (QED) is 0.432. The molecule has 94 valence electrons. The zero-order chi connectivity index (χ0) is 11.5. The van der Waals surface area contributed by atoms with E-state index in [0.29, 0.717) is 12.4 Å². The molecule has 0 bridgehead atoms. The Morgan fingerprint density at radius 1 is 1.41 bits per heavy atom. The van der Waals surface area contributed by atoms with Gasteiger partial charge in [0.2, 0.25) is 0 Å². The third kappa shape index (κ3) is 3.35. The number of nitrogen functional groups attached to an aromatic ring is 1. The first-order valence-corrected chi connectivity index (χ1v) is 5.10. The van der Waals surface area contributed by atoms with E-state index < -0.39 is 0 Å². The first-order chi connectivity index (χ1) is 7.65. The minimum atomic E-state index is 0. The van der Waals surface area contributed by atoms with Crippen molar-refractivity contribution in [3.05, 3.63) is 30.6 Å². The molecule has 0 amide bonds. The molecule has 1 heterocycles. The Morgan fingerprint density at radius 3 is 2.76 bits per heavy atom. The summed E-state index contributed by atoms with van der Waals surface area (Å²) in [5.74, 6) is 0.184. The molecule has 0 unspecified atom stereocenters. The summed E-state index contributed by atoms with van der Waals surface area (Å²) in [6.07, 6.45) is 4.03. The average Bonchev–Trinajstić information content (AvgIpc) is 2.63. The van der Waals surface area contributed by atoms with Gasteiger partial charge in [0.25, 0.3) is 0 Å². The van der Waals surface area contributed by atoms with Crippen molar-refractivity contribution in [2.75, 3.05) is 31.4 Å².